The molecule has 0 fully saturated rings. The van der Waals surface area contributed by atoms with Gasteiger partial charge in [-0.05, 0) is 40.2 Å². The summed E-state index contributed by atoms with van der Waals surface area (Å²) in [4.78, 5) is 12.2. The first-order valence-corrected chi connectivity index (χ1v) is 9.91. The summed E-state index contributed by atoms with van der Waals surface area (Å²) in [6.07, 6.45) is -0.0289. The standard InChI is InChI=1S/C17H19BrN2O5S/c1-24-12-7-8-14(15(11-12)25-2)20-17(21)9-10-19-26(22,23)16-6-4-3-5-13(16)18/h3-8,11,19H,9-10H2,1-2H3,(H,20,21). The van der Waals surface area contributed by atoms with Gasteiger partial charge < -0.3 is 14.8 Å². The molecule has 0 atom stereocenters. The lowest BCUT2D eigenvalue weighted by Gasteiger charge is -2.12. The minimum atomic E-state index is -3.70. The van der Waals surface area contributed by atoms with Crippen LogP contribution in [-0.2, 0) is 14.8 Å². The van der Waals surface area contributed by atoms with Gasteiger partial charge in [0.1, 0.15) is 11.5 Å². The summed E-state index contributed by atoms with van der Waals surface area (Å²) in [7, 11) is -0.685. The van der Waals surface area contributed by atoms with Crippen molar-refractivity contribution in [2.45, 2.75) is 11.3 Å². The van der Waals surface area contributed by atoms with E-state index in [1.54, 1.807) is 36.4 Å². The van der Waals surface area contributed by atoms with E-state index in [2.05, 4.69) is 26.0 Å². The highest BCUT2D eigenvalue weighted by atomic mass is 79.9. The number of carbonyl (C=O) groups is 1. The van der Waals surface area contributed by atoms with Crippen molar-refractivity contribution in [3.8, 4) is 11.5 Å². The van der Waals surface area contributed by atoms with Gasteiger partial charge in [-0.3, -0.25) is 4.79 Å². The van der Waals surface area contributed by atoms with Crippen molar-refractivity contribution in [1.82, 2.24) is 4.72 Å². The molecule has 0 saturated carbocycles. The van der Waals surface area contributed by atoms with Crippen LogP contribution in [0.4, 0.5) is 5.69 Å². The Morgan fingerprint density at radius 3 is 2.50 bits per heavy atom. The van der Waals surface area contributed by atoms with Crippen molar-refractivity contribution in [2.75, 3.05) is 26.1 Å². The van der Waals surface area contributed by atoms with Gasteiger partial charge in [-0.25, -0.2) is 13.1 Å². The molecule has 0 aliphatic rings. The van der Waals surface area contributed by atoms with Crippen LogP contribution in [0, 0.1) is 0 Å². The van der Waals surface area contributed by atoms with Gasteiger partial charge >= 0.3 is 0 Å². The second kappa shape index (κ2) is 9.02. The number of carbonyl (C=O) groups excluding carboxylic acids is 1. The summed E-state index contributed by atoms with van der Waals surface area (Å²) < 4.78 is 37.7. The average Bonchev–Trinajstić information content (AvgIpc) is 2.62. The van der Waals surface area contributed by atoms with Gasteiger partial charge in [0.15, 0.2) is 0 Å². The van der Waals surface area contributed by atoms with Gasteiger partial charge in [-0.2, -0.15) is 0 Å². The van der Waals surface area contributed by atoms with Crippen LogP contribution in [0.25, 0.3) is 0 Å². The number of sulfonamides is 1. The van der Waals surface area contributed by atoms with Crippen LogP contribution in [0.15, 0.2) is 51.8 Å². The number of halogens is 1. The fourth-order valence-electron chi connectivity index (χ4n) is 2.15. The van der Waals surface area contributed by atoms with Crippen LogP contribution < -0.4 is 19.5 Å². The third-order valence-corrected chi connectivity index (χ3v) is 5.93. The summed E-state index contributed by atoms with van der Waals surface area (Å²) in [6.45, 7) is -0.0338. The largest absolute Gasteiger partial charge is 0.497 e. The number of ether oxygens (including phenoxy) is 2. The first kappa shape index (κ1) is 20.2. The summed E-state index contributed by atoms with van der Waals surface area (Å²) in [5.74, 6) is 0.704. The monoisotopic (exact) mass is 442 g/mol. The second-order valence-electron chi connectivity index (χ2n) is 5.19. The summed E-state index contributed by atoms with van der Waals surface area (Å²) in [5.41, 5.74) is 0.479. The van der Waals surface area contributed by atoms with E-state index in [-0.39, 0.29) is 23.8 Å². The molecule has 0 unspecified atom stereocenters. The third kappa shape index (κ3) is 5.20. The first-order chi connectivity index (χ1) is 12.4. The number of methoxy groups -OCH3 is 2. The predicted molar refractivity (Wildman–Crippen MR) is 102 cm³/mol. The molecule has 0 radical (unpaired) electrons. The van der Waals surface area contributed by atoms with Gasteiger partial charge in [0.25, 0.3) is 0 Å². The molecule has 0 saturated heterocycles. The maximum atomic E-state index is 12.3. The van der Waals surface area contributed by atoms with E-state index in [0.717, 1.165) is 0 Å². The van der Waals surface area contributed by atoms with Crippen LogP contribution >= 0.6 is 15.9 Å². The normalized spacial score (nSPS) is 11.0. The molecular weight excluding hydrogens is 424 g/mol. The lowest BCUT2D eigenvalue weighted by atomic mass is 10.2. The molecule has 0 aliphatic heterocycles. The van der Waals surface area contributed by atoms with E-state index >= 15 is 0 Å². The Balaban J connectivity index is 1.94. The van der Waals surface area contributed by atoms with Crippen molar-refractivity contribution in [1.29, 1.82) is 0 Å². The predicted octanol–water partition coefficient (Wildman–Crippen LogP) is 2.77. The number of anilines is 1. The molecule has 0 aromatic heterocycles. The Kier molecular flexibility index (Phi) is 7.01. The van der Waals surface area contributed by atoms with Gasteiger partial charge in [0, 0.05) is 23.5 Å². The number of nitrogens with one attached hydrogen (secondary N) is 2. The lowest BCUT2D eigenvalue weighted by molar-refractivity contribution is -0.116. The SMILES string of the molecule is COc1ccc(NC(=O)CCNS(=O)(=O)c2ccccc2Br)c(OC)c1. The molecule has 0 aliphatic carbocycles. The van der Waals surface area contributed by atoms with Crippen molar-refractivity contribution in [3.05, 3.63) is 46.9 Å². The van der Waals surface area contributed by atoms with Gasteiger partial charge in [0.05, 0.1) is 24.8 Å². The summed E-state index contributed by atoms with van der Waals surface area (Å²) in [5, 5.41) is 2.69. The Bertz CT molecular complexity index is 886. The maximum absolute atomic E-state index is 12.3. The van der Waals surface area contributed by atoms with Crippen molar-refractivity contribution < 1.29 is 22.7 Å². The molecule has 2 N–H and O–H groups in total. The van der Waals surface area contributed by atoms with Crippen molar-refractivity contribution in [2.24, 2.45) is 0 Å². The smallest absolute Gasteiger partial charge is 0.241 e. The van der Waals surface area contributed by atoms with E-state index in [9.17, 15) is 13.2 Å². The van der Waals surface area contributed by atoms with E-state index < -0.39 is 10.0 Å². The molecule has 9 heteroatoms. The first-order valence-electron chi connectivity index (χ1n) is 7.63. The second-order valence-corrected chi connectivity index (χ2v) is 7.78. The van der Waals surface area contributed by atoms with Crippen LogP contribution in [0.5, 0.6) is 11.5 Å². The highest BCUT2D eigenvalue weighted by molar-refractivity contribution is 9.10. The lowest BCUT2D eigenvalue weighted by Crippen LogP contribution is -2.28. The number of amides is 1. The molecule has 140 valence electrons. The molecule has 2 aromatic rings. The number of hydrogen-bond donors (Lipinski definition) is 2. The third-order valence-electron chi connectivity index (χ3n) is 3.45. The topological polar surface area (TPSA) is 93.7 Å². The zero-order chi connectivity index (χ0) is 19.2. The highest BCUT2D eigenvalue weighted by Crippen LogP contribution is 2.29. The number of benzene rings is 2. The quantitative estimate of drug-likeness (QED) is 0.655. The Hall–Kier alpha value is -2.10. The summed E-state index contributed by atoms with van der Waals surface area (Å²) in [6, 6.07) is 11.5. The van der Waals surface area contributed by atoms with Gasteiger partial charge in [-0.15, -0.1) is 0 Å². The van der Waals surface area contributed by atoms with E-state index in [1.807, 2.05) is 0 Å². The fraction of sp³-hybridized carbons (Fsp3) is 0.235. The molecule has 2 rings (SSSR count). The Labute approximate surface area is 160 Å². The molecule has 2 aromatic carbocycles. The van der Waals surface area contributed by atoms with Crippen molar-refractivity contribution in [3.63, 3.8) is 0 Å². The van der Waals surface area contributed by atoms with Crippen LogP contribution in [0.1, 0.15) is 6.42 Å². The minimum absolute atomic E-state index is 0.0289. The average molecular weight is 443 g/mol. The Morgan fingerprint density at radius 2 is 1.85 bits per heavy atom. The molecule has 7 nitrogen and oxygen atoms in total. The molecular formula is C17H19BrN2O5S. The zero-order valence-electron chi connectivity index (χ0n) is 14.3. The van der Waals surface area contributed by atoms with E-state index in [4.69, 9.17) is 9.47 Å². The molecule has 1 amide bonds. The van der Waals surface area contributed by atoms with Crippen molar-refractivity contribution >= 4 is 37.5 Å². The van der Waals surface area contributed by atoms with Gasteiger partial charge in [0.2, 0.25) is 15.9 Å². The fourth-order valence-corrected chi connectivity index (χ4v) is 4.19. The minimum Gasteiger partial charge on any atom is -0.497 e. The Morgan fingerprint density at radius 1 is 1.12 bits per heavy atom. The van der Waals surface area contributed by atoms with E-state index in [0.29, 0.717) is 21.7 Å². The molecule has 0 heterocycles. The van der Waals surface area contributed by atoms with Crippen LogP contribution in [-0.4, -0.2) is 35.1 Å². The highest BCUT2D eigenvalue weighted by Gasteiger charge is 2.17. The van der Waals surface area contributed by atoms with Crippen LogP contribution in [0.2, 0.25) is 0 Å². The zero-order valence-corrected chi connectivity index (χ0v) is 16.7. The number of rotatable bonds is 8. The van der Waals surface area contributed by atoms with E-state index in [1.165, 1.54) is 20.3 Å². The number of hydrogen-bond acceptors (Lipinski definition) is 5. The molecule has 26 heavy (non-hydrogen) atoms. The maximum Gasteiger partial charge on any atom is 0.241 e. The molecule has 0 bridgehead atoms. The summed E-state index contributed by atoms with van der Waals surface area (Å²) >= 11 is 3.20. The molecule has 0 spiro atoms. The van der Waals surface area contributed by atoms with Crippen LogP contribution in [0.3, 0.4) is 0 Å². The van der Waals surface area contributed by atoms with Gasteiger partial charge in [-0.1, -0.05) is 12.1 Å².